The maximum Gasteiger partial charge on any atom is 0.0810 e. The highest BCUT2D eigenvalue weighted by molar-refractivity contribution is 5.28. The van der Waals surface area contributed by atoms with Gasteiger partial charge >= 0.3 is 0 Å². The largest absolute Gasteiger partial charge is 0.312 e. The summed E-state index contributed by atoms with van der Waals surface area (Å²) in [7, 11) is 4.03. The van der Waals surface area contributed by atoms with Gasteiger partial charge < -0.3 is 10.6 Å². The molecule has 2 N–H and O–H groups in total. The summed E-state index contributed by atoms with van der Waals surface area (Å²) in [5.74, 6) is 0.449. The summed E-state index contributed by atoms with van der Waals surface area (Å²) in [6.45, 7) is 7.99. The van der Waals surface area contributed by atoms with Crippen molar-refractivity contribution in [3.05, 3.63) is 34.4 Å². The molecule has 0 saturated carbocycles. The Morgan fingerprint density at radius 2 is 2.09 bits per heavy atom. The molecule has 2 aromatic heterocycles. The molecule has 3 heterocycles. The van der Waals surface area contributed by atoms with Gasteiger partial charge in [0, 0.05) is 69.7 Å². The lowest BCUT2D eigenvalue weighted by Gasteiger charge is -2.14. The van der Waals surface area contributed by atoms with Gasteiger partial charge in [0.15, 0.2) is 0 Å². The third-order valence-corrected chi connectivity index (χ3v) is 4.29. The number of nitrogens with one attached hydrogen (secondary N) is 2. The fraction of sp³-hybridized carbons (Fsp3) is 0.625. The summed E-state index contributed by atoms with van der Waals surface area (Å²) in [6.07, 6.45) is 3.18. The van der Waals surface area contributed by atoms with Gasteiger partial charge in [0.05, 0.1) is 11.4 Å². The van der Waals surface area contributed by atoms with Gasteiger partial charge in [0.1, 0.15) is 0 Å². The topological polar surface area (TPSA) is 59.7 Å². The number of aromatic nitrogens is 4. The molecule has 0 spiro atoms. The summed E-state index contributed by atoms with van der Waals surface area (Å²) >= 11 is 0. The van der Waals surface area contributed by atoms with Crippen molar-refractivity contribution in [2.75, 3.05) is 6.54 Å². The lowest BCUT2D eigenvalue weighted by atomic mass is 10.1. The predicted molar refractivity (Wildman–Crippen MR) is 86.5 cm³/mol. The average molecular weight is 302 g/mol. The van der Waals surface area contributed by atoms with E-state index in [0.717, 1.165) is 32.6 Å². The monoisotopic (exact) mass is 302 g/mol. The normalized spacial score (nSPS) is 14.6. The number of fused-ring (bicyclic) bond motifs is 1. The highest BCUT2D eigenvalue weighted by atomic mass is 15.3. The molecule has 0 radical (unpaired) electrons. The first kappa shape index (κ1) is 15.2. The Kier molecular flexibility index (Phi) is 4.31. The first-order valence-corrected chi connectivity index (χ1v) is 8.03. The van der Waals surface area contributed by atoms with Crippen molar-refractivity contribution in [2.45, 2.75) is 45.8 Å². The van der Waals surface area contributed by atoms with E-state index in [9.17, 15) is 0 Å². The van der Waals surface area contributed by atoms with E-state index in [1.54, 1.807) is 0 Å². The summed E-state index contributed by atoms with van der Waals surface area (Å²) < 4.78 is 3.94. The van der Waals surface area contributed by atoms with Crippen LogP contribution in [-0.4, -0.2) is 26.1 Å². The van der Waals surface area contributed by atoms with Crippen molar-refractivity contribution in [3.63, 3.8) is 0 Å². The Morgan fingerprint density at radius 3 is 2.86 bits per heavy atom. The van der Waals surface area contributed by atoms with E-state index in [1.165, 1.54) is 28.2 Å². The zero-order chi connectivity index (χ0) is 15.7. The zero-order valence-electron chi connectivity index (χ0n) is 14.0. The Hall–Kier alpha value is -1.66. The van der Waals surface area contributed by atoms with E-state index in [4.69, 9.17) is 0 Å². The highest BCUT2D eigenvalue weighted by Crippen LogP contribution is 2.19. The van der Waals surface area contributed by atoms with Crippen LogP contribution in [0.5, 0.6) is 0 Å². The second kappa shape index (κ2) is 6.22. The fourth-order valence-corrected chi connectivity index (χ4v) is 3.24. The van der Waals surface area contributed by atoms with Crippen LogP contribution in [0.3, 0.4) is 0 Å². The Morgan fingerprint density at radius 1 is 1.27 bits per heavy atom. The molecule has 0 aromatic carbocycles. The van der Waals surface area contributed by atoms with Crippen molar-refractivity contribution in [1.29, 1.82) is 0 Å². The molecule has 120 valence electrons. The quantitative estimate of drug-likeness (QED) is 0.872. The molecule has 0 bridgehead atoms. The van der Waals surface area contributed by atoms with Crippen LogP contribution in [0, 0.1) is 0 Å². The van der Waals surface area contributed by atoms with Gasteiger partial charge in [-0.3, -0.25) is 9.36 Å². The predicted octanol–water partition coefficient (Wildman–Crippen LogP) is 1.21. The smallest absolute Gasteiger partial charge is 0.0810 e. The van der Waals surface area contributed by atoms with Crippen LogP contribution in [0.25, 0.3) is 0 Å². The third kappa shape index (κ3) is 2.94. The molecule has 6 nitrogen and oxygen atoms in total. The molecule has 22 heavy (non-hydrogen) atoms. The molecule has 3 rings (SSSR count). The maximum atomic E-state index is 4.68. The van der Waals surface area contributed by atoms with Gasteiger partial charge in [-0.2, -0.15) is 10.2 Å². The first-order chi connectivity index (χ1) is 10.6. The van der Waals surface area contributed by atoms with E-state index < -0.39 is 0 Å². The summed E-state index contributed by atoms with van der Waals surface area (Å²) in [4.78, 5) is 0. The first-order valence-electron chi connectivity index (χ1n) is 8.03. The highest BCUT2D eigenvalue weighted by Gasteiger charge is 2.18. The van der Waals surface area contributed by atoms with Gasteiger partial charge in [-0.05, 0) is 5.92 Å². The summed E-state index contributed by atoms with van der Waals surface area (Å²) in [5, 5.41) is 16.2. The van der Waals surface area contributed by atoms with Crippen molar-refractivity contribution < 1.29 is 0 Å². The summed E-state index contributed by atoms with van der Waals surface area (Å²) in [6, 6.07) is 0. The lowest BCUT2D eigenvalue weighted by molar-refractivity contribution is 0.604. The Balaban J connectivity index is 1.67. The standard InChI is InChI=1S/C16H26N6/c1-11(2)16-12(10-21(3)20-16)7-18-9-14-13-8-17-6-5-15(13)22(4)19-14/h10-11,17-18H,5-9H2,1-4H3. The van der Waals surface area contributed by atoms with Gasteiger partial charge in [0.25, 0.3) is 0 Å². The molecule has 0 saturated heterocycles. The van der Waals surface area contributed by atoms with Crippen LogP contribution < -0.4 is 10.6 Å². The van der Waals surface area contributed by atoms with E-state index in [1.807, 2.05) is 23.5 Å². The van der Waals surface area contributed by atoms with Gasteiger partial charge in [0.2, 0.25) is 0 Å². The minimum absolute atomic E-state index is 0.449. The minimum atomic E-state index is 0.449. The lowest BCUT2D eigenvalue weighted by Crippen LogP contribution is -2.25. The Bertz CT molecular complexity index is 652. The number of hydrogen-bond donors (Lipinski definition) is 2. The third-order valence-electron chi connectivity index (χ3n) is 4.29. The second-order valence-electron chi connectivity index (χ2n) is 6.39. The number of rotatable bonds is 5. The SMILES string of the molecule is CC(C)c1nn(C)cc1CNCc1nn(C)c2c1CNCC2. The van der Waals surface area contributed by atoms with Crippen molar-refractivity contribution >= 4 is 0 Å². The number of nitrogens with zero attached hydrogens (tertiary/aromatic N) is 4. The molecule has 1 aliphatic rings. The molecular weight excluding hydrogens is 276 g/mol. The average Bonchev–Trinajstić information content (AvgIpc) is 3.01. The molecule has 0 atom stereocenters. The van der Waals surface area contributed by atoms with E-state index >= 15 is 0 Å². The minimum Gasteiger partial charge on any atom is -0.312 e. The fourth-order valence-electron chi connectivity index (χ4n) is 3.24. The van der Waals surface area contributed by atoms with Crippen molar-refractivity contribution in [1.82, 2.24) is 30.2 Å². The van der Waals surface area contributed by atoms with E-state index in [2.05, 4.69) is 40.9 Å². The van der Waals surface area contributed by atoms with Gasteiger partial charge in [-0.1, -0.05) is 13.8 Å². The second-order valence-corrected chi connectivity index (χ2v) is 6.39. The molecule has 6 heteroatoms. The summed E-state index contributed by atoms with van der Waals surface area (Å²) in [5.41, 5.74) is 6.37. The van der Waals surface area contributed by atoms with E-state index in [-0.39, 0.29) is 0 Å². The number of hydrogen-bond acceptors (Lipinski definition) is 4. The Labute approximate surface area is 131 Å². The number of aryl methyl sites for hydroxylation is 2. The maximum absolute atomic E-state index is 4.68. The molecule has 0 aliphatic carbocycles. The van der Waals surface area contributed by atoms with Crippen LogP contribution in [0.1, 0.15) is 48.0 Å². The molecular formula is C16H26N6. The molecule has 0 unspecified atom stereocenters. The van der Waals surface area contributed by atoms with Crippen LogP contribution in [0.4, 0.5) is 0 Å². The molecule has 0 amide bonds. The van der Waals surface area contributed by atoms with E-state index in [0.29, 0.717) is 5.92 Å². The molecule has 2 aromatic rings. The van der Waals surface area contributed by atoms with Crippen molar-refractivity contribution in [3.8, 4) is 0 Å². The van der Waals surface area contributed by atoms with Crippen LogP contribution in [0.2, 0.25) is 0 Å². The van der Waals surface area contributed by atoms with Crippen LogP contribution >= 0.6 is 0 Å². The van der Waals surface area contributed by atoms with Gasteiger partial charge in [-0.25, -0.2) is 0 Å². The van der Waals surface area contributed by atoms with Crippen molar-refractivity contribution in [2.24, 2.45) is 14.1 Å². The van der Waals surface area contributed by atoms with Crippen LogP contribution in [0.15, 0.2) is 6.20 Å². The van der Waals surface area contributed by atoms with Gasteiger partial charge in [-0.15, -0.1) is 0 Å². The molecule has 0 fully saturated rings. The zero-order valence-corrected chi connectivity index (χ0v) is 14.0. The van der Waals surface area contributed by atoms with Crippen LogP contribution in [-0.2, 0) is 40.2 Å². The molecule has 1 aliphatic heterocycles.